The summed E-state index contributed by atoms with van der Waals surface area (Å²) in [6.07, 6.45) is 1.79. The molecule has 5 heteroatoms. The lowest BCUT2D eigenvalue weighted by molar-refractivity contribution is -0.136. The zero-order valence-electron chi connectivity index (χ0n) is 12.6. The zero-order valence-corrected chi connectivity index (χ0v) is 13.4. The summed E-state index contributed by atoms with van der Waals surface area (Å²) < 4.78 is 5.62. The molecule has 0 heterocycles. The molecule has 1 unspecified atom stereocenters. The van der Waals surface area contributed by atoms with Crippen molar-refractivity contribution in [2.75, 3.05) is 6.61 Å². The number of aryl methyl sites for hydroxylation is 1. The number of halogens is 1. The molecule has 0 aliphatic heterocycles. The van der Waals surface area contributed by atoms with Gasteiger partial charge in [0.1, 0.15) is 16.9 Å². The molecule has 1 atom stereocenters. The Labute approximate surface area is 140 Å². The summed E-state index contributed by atoms with van der Waals surface area (Å²) in [5, 5.41) is 17.2. The van der Waals surface area contributed by atoms with Gasteiger partial charge in [0, 0.05) is 6.42 Å². The van der Waals surface area contributed by atoms with Crippen molar-refractivity contribution in [1.29, 1.82) is 0 Å². The molecule has 0 saturated carbocycles. The molecule has 0 aromatic heterocycles. The average Bonchev–Trinajstić information content (AvgIpc) is 2.55. The normalized spacial score (nSPS) is 11.9. The number of hydrogen-bond acceptors (Lipinski definition) is 3. The van der Waals surface area contributed by atoms with Gasteiger partial charge in [0.25, 0.3) is 0 Å². The van der Waals surface area contributed by atoms with Crippen LogP contribution in [0.15, 0.2) is 48.5 Å². The van der Waals surface area contributed by atoms with Crippen LogP contribution in [0.3, 0.4) is 0 Å². The van der Waals surface area contributed by atoms with E-state index in [4.69, 9.17) is 21.4 Å². The van der Waals surface area contributed by atoms with Crippen LogP contribution >= 0.6 is 11.6 Å². The molecule has 0 fully saturated rings. The van der Waals surface area contributed by atoms with Crippen LogP contribution in [0.4, 0.5) is 0 Å². The number of hydrogen-bond donors (Lipinski definition) is 2. The molecule has 2 rings (SSSR count). The van der Waals surface area contributed by atoms with E-state index in [1.807, 2.05) is 24.3 Å². The number of rotatable bonds is 8. The minimum Gasteiger partial charge on any atom is -0.508 e. The Morgan fingerprint density at radius 2 is 1.74 bits per heavy atom. The van der Waals surface area contributed by atoms with Crippen molar-refractivity contribution in [3.8, 4) is 11.5 Å². The van der Waals surface area contributed by atoms with E-state index in [1.165, 1.54) is 0 Å². The number of carboxylic acid groups (broad SMARTS) is 1. The standard InChI is InChI=1S/C18H19ClO4/c19-17(18(21)22)9-4-13-2-1-3-14(12-13)10-11-23-16-7-5-15(20)6-8-16/h1-3,5-8,12,17,20H,4,9-11H2,(H,21,22). The predicted octanol–water partition coefficient (Wildman–Crippen LogP) is 3.64. The Morgan fingerprint density at radius 1 is 1.09 bits per heavy atom. The minimum atomic E-state index is -0.981. The molecule has 0 aliphatic rings. The Kier molecular flexibility index (Phi) is 6.29. The summed E-state index contributed by atoms with van der Waals surface area (Å²) in [4.78, 5) is 10.7. The van der Waals surface area contributed by atoms with E-state index in [2.05, 4.69) is 0 Å². The maximum absolute atomic E-state index is 10.7. The first-order chi connectivity index (χ1) is 11.0. The van der Waals surface area contributed by atoms with Gasteiger partial charge in [-0.05, 0) is 48.2 Å². The fourth-order valence-electron chi connectivity index (χ4n) is 2.19. The highest BCUT2D eigenvalue weighted by Gasteiger charge is 2.13. The highest BCUT2D eigenvalue weighted by atomic mass is 35.5. The highest BCUT2D eigenvalue weighted by Crippen LogP contribution is 2.17. The van der Waals surface area contributed by atoms with Crippen LogP contribution in [0.1, 0.15) is 17.5 Å². The molecule has 0 amide bonds. The maximum atomic E-state index is 10.7. The van der Waals surface area contributed by atoms with Gasteiger partial charge in [-0.2, -0.15) is 0 Å². The van der Waals surface area contributed by atoms with Crippen LogP contribution in [0.5, 0.6) is 11.5 Å². The quantitative estimate of drug-likeness (QED) is 0.723. The predicted molar refractivity (Wildman–Crippen MR) is 89.3 cm³/mol. The van der Waals surface area contributed by atoms with Crippen molar-refractivity contribution < 1.29 is 19.7 Å². The molecular weight excluding hydrogens is 316 g/mol. The van der Waals surface area contributed by atoms with Gasteiger partial charge in [-0.1, -0.05) is 24.3 Å². The third-order valence-corrected chi connectivity index (χ3v) is 3.85. The van der Waals surface area contributed by atoms with Crippen molar-refractivity contribution >= 4 is 17.6 Å². The van der Waals surface area contributed by atoms with Crippen LogP contribution in [0.25, 0.3) is 0 Å². The minimum absolute atomic E-state index is 0.212. The average molecular weight is 335 g/mol. The van der Waals surface area contributed by atoms with E-state index in [9.17, 15) is 9.90 Å². The van der Waals surface area contributed by atoms with Crippen LogP contribution in [-0.4, -0.2) is 28.2 Å². The number of aromatic hydroxyl groups is 1. The van der Waals surface area contributed by atoms with Gasteiger partial charge in [0.15, 0.2) is 0 Å². The summed E-state index contributed by atoms with van der Waals surface area (Å²) in [6.45, 7) is 0.529. The first-order valence-corrected chi connectivity index (χ1v) is 7.85. The third kappa shape index (κ3) is 5.83. The molecule has 23 heavy (non-hydrogen) atoms. The summed E-state index contributed by atoms with van der Waals surface area (Å²) in [5.74, 6) is -0.0560. The number of aliphatic carboxylic acids is 1. The van der Waals surface area contributed by atoms with Gasteiger partial charge < -0.3 is 14.9 Å². The first-order valence-electron chi connectivity index (χ1n) is 7.41. The number of carbonyl (C=O) groups is 1. The second-order valence-corrected chi connectivity index (χ2v) is 5.78. The summed E-state index contributed by atoms with van der Waals surface area (Å²) in [6, 6.07) is 14.6. The second kappa shape index (κ2) is 8.44. The Morgan fingerprint density at radius 3 is 2.39 bits per heavy atom. The lowest BCUT2D eigenvalue weighted by Crippen LogP contribution is -2.13. The van der Waals surface area contributed by atoms with Gasteiger partial charge in [0.05, 0.1) is 6.61 Å². The largest absolute Gasteiger partial charge is 0.508 e. The van der Waals surface area contributed by atoms with Crippen LogP contribution < -0.4 is 4.74 Å². The van der Waals surface area contributed by atoms with E-state index in [0.29, 0.717) is 25.2 Å². The molecule has 0 saturated heterocycles. The Hall–Kier alpha value is -2.20. The molecule has 0 bridgehead atoms. The van der Waals surface area contributed by atoms with Crippen molar-refractivity contribution in [2.45, 2.75) is 24.6 Å². The highest BCUT2D eigenvalue weighted by molar-refractivity contribution is 6.29. The number of carboxylic acids is 1. The van der Waals surface area contributed by atoms with Crippen LogP contribution in [-0.2, 0) is 17.6 Å². The molecule has 2 aromatic rings. The van der Waals surface area contributed by atoms with Crippen LogP contribution in [0, 0.1) is 0 Å². The van der Waals surface area contributed by atoms with Gasteiger partial charge in [-0.3, -0.25) is 4.79 Å². The zero-order chi connectivity index (χ0) is 16.7. The van der Waals surface area contributed by atoms with E-state index >= 15 is 0 Å². The number of alkyl halides is 1. The summed E-state index contributed by atoms with van der Waals surface area (Å²) >= 11 is 5.73. The van der Waals surface area contributed by atoms with Gasteiger partial charge in [-0.15, -0.1) is 11.6 Å². The summed E-state index contributed by atoms with van der Waals surface area (Å²) in [7, 11) is 0. The molecule has 0 aliphatic carbocycles. The molecule has 2 N–H and O–H groups in total. The monoisotopic (exact) mass is 334 g/mol. The van der Waals surface area contributed by atoms with E-state index in [1.54, 1.807) is 24.3 Å². The molecule has 4 nitrogen and oxygen atoms in total. The van der Waals surface area contributed by atoms with Crippen LogP contribution in [0.2, 0.25) is 0 Å². The van der Waals surface area contributed by atoms with Gasteiger partial charge >= 0.3 is 5.97 Å². The third-order valence-electron chi connectivity index (χ3n) is 3.44. The Bertz CT molecular complexity index is 640. The van der Waals surface area contributed by atoms with Crippen molar-refractivity contribution in [3.05, 3.63) is 59.7 Å². The number of benzene rings is 2. The fourth-order valence-corrected chi connectivity index (χ4v) is 2.30. The topological polar surface area (TPSA) is 66.8 Å². The molecule has 122 valence electrons. The van der Waals surface area contributed by atoms with Gasteiger partial charge in [0.2, 0.25) is 0 Å². The maximum Gasteiger partial charge on any atom is 0.321 e. The number of ether oxygens (including phenoxy) is 1. The lowest BCUT2D eigenvalue weighted by Gasteiger charge is -2.08. The van der Waals surface area contributed by atoms with Crippen molar-refractivity contribution in [3.63, 3.8) is 0 Å². The first kappa shape index (κ1) is 17.2. The number of phenols is 1. The van der Waals surface area contributed by atoms with E-state index < -0.39 is 11.3 Å². The molecule has 2 aromatic carbocycles. The lowest BCUT2D eigenvalue weighted by atomic mass is 10.0. The van der Waals surface area contributed by atoms with E-state index in [0.717, 1.165) is 17.5 Å². The molecular formula is C18H19ClO4. The summed E-state index contributed by atoms with van der Waals surface area (Å²) in [5.41, 5.74) is 2.20. The Balaban J connectivity index is 1.82. The van der Waals surface area contributed by atoms with Gasteiger partial charge in [-0.25, -0.2) is 0 Å². The smallest absolute Gasteiger partial charge is 0.321 e. The SMILES string of the molecule is O=C(O)C(Cl)CCc1cccc(CCOc2ccc(O)cc2)c1. The molecule has 0 radical (unpaired) electrons. The molecule has 0 spiro atoms. The van der Waals surface area contributed by atoms with Crippen molar-refractivity contribution in [2.24, 2.45) is 0 Å². The second-order valence-electron chi connectivity index (χ2n) is 5.26. The van der Waals surface area contributed by atoms with Crippen molar-refractivity contribution in [1.82, 2.24) is 0 Å². The van der Waals surface area contributed by atoms with E-state index in [-0.39, 0.29) is 5.75 Å². The fraction of sp³-hybridized carbons (Fsp3) is 0.278. The number of phenolic OH excluding ortho intramolecular Hbond substituents is 1.